The van der Waals surface area contributed by atoms with E-state index in [-0.39, 0.29) is 29.3 Å². The number of carbonyl (C=O) groups is 1. The first-order valence-electron chi connectivity index (χ1n) is 13.4. The summed E-state index contributed by atoms with van der Waals surface area (Å²) in [5, 5.41) is 3.98. The molecule has 38 heavy (non-hydrogen) atoms. The lowest BCUT2D eigenvalue weighted by molar-refractivity contribution is -0.301. The van der Waals surface area contributed by atoms with Gasteiger partial charge >= 0.3 is 5.97 Å². The van der Waals surface area contributed by atoms with Crippen molar-refractivity contribution < 1.29 is 33.0 Å². The molecule has 5 rings (SSSR count). The molecule has 3 aliphatic rings. The van der Waals surface area contributed by atoms with Gasteiger partial charge in [0.25, 0.3) is 8.32 Å². The molecule has 3 fully saturated rings. The largest absolute Gasteiger partial charge is 0.434 e. The van der Waals surface area contributed by atoms with E-state index in [1.165, 1.54) is 17.3 Å². The summed E-state index contributed by atoms with van der Waals surface area (Å²) in [5.41, 5.74) is 0. The van der Waals surface area contributed by atoms with E-state index in [0.29, 0.717) is 19.6 Å². The molecule has 0 aliphatic carbocycles. The van der Waals surface area contributed by atoms with Crippen molar-refractivity contribution in [3.05, 3.63) is 60.7 Å². The lowest BCUT2D eigenvalue weighted by atomic mass is 10.1. The fourth-order valence-corrected chi connectivity index (χ4v) is 10.5. The molecule has 0 bridgehead atoms. The lowest BCUT2D eigenvalue weighted by Gasteiger charge is -2.43. The van der Waals surface area contributed by atoms with E-state index in [0.717, 1.165) is 0 Å². The minimum absolute atomic E-state index is 0.158. The Kier molecular flexibility index (Phi) is 7.56. The molecule has 0 aromatic heterocycles. The van der Waals surface area contributed by atoms with Crippen LogP contribution in [-0.4, -0.2) is 69.1 Å². The molecule has 3 aliphatic heterocycles. The van der Waals surface area contributed by atoms with Crippen LogP contribution in [0.25, 0.3) is 0 Å². The summed E-state index contributed by atoms with van der Waals surface area (Å²) < 4.78 is 31.6. The predicted molar refractivity (Wildman–Crippen MR) is 144 cm³/mol. The number of hydrogen-bond acceptors (Lipinski definition) is 8. The maximum absolute atomic E-state index is 11.4. The van der Waals surface area contributed by atoms with Gasteiger partial charge in [0, 0.05) is 19.9 Å². The van der Waals surface area contributed by atoms with Gasteiger partial charge in [-0.05, 0) is 29.3 Å². The molecule has 0 spiro atoms. The van der Waals surface area contributed by atoms with E-state index in [4.69, 9.17) is 28.2 Å². The van der Waals surface area contributed by atoms with Crippen LogP contribution in [0.5, 0.6) is 0 Å². The van der Waals surface area contributed by atoms with E-state index in [1.807, 2.05) is 26.0 Å². The Morgan fingerprint density at radius 3 is 2.13 bits per heavy atom. The Hall–Kier alpha value is -2.11. The average Bonchev–Trinajstić information content (AvgIpc) is 3.53. The van der Waals surface area contributed by atoms with E-state index in [9.17, 15) is 4.79 Å². The molecule has 9 heteroatoms. The van der Waals surface area contributed by atoms with Gasteiger partial charge < -0.3 is 23.4 Å². The normalized spacial score (nSPS) is 29.4. The number of ether oxygens (including phenoxy) is 4. The Morgan fingerprint density at radius 1 is 1.00 bits per heavy atom. The van der Waals surface area contributed by atoms with Crippen molar-refractivity contribution in [2.45, 2.75) is 89.6 Å². The van der Waals surface area contributed by atoms with E-state index < -0.39 is 26.6 Å². The van der Waals surface area contributed by atoms with Crippen LogP contribution in [0.2, 0.25) is 5.04 Å². The van der Waals surface area contributed by atoms with Crippen LogP contribution in [0.1, 0.15) is 48.0 Å². The third kappa shape index (κ3) is 5.21. The van der Waals surface area contributed by atoms with E-state index >= 15 is 0 Å². The Labute approximate surface area is 226 Å². The highest BCUT2D eigenvalue weighted by Gasteiger charge is 2.59. The van der Waals surface area contributed by atoms with Gasteiger partial charge in [-0.3, -0.25) is 9.63 Å². The summed E-state index contributed by atoms with van der Waals surface area (Å²) in [4.78, 5) is 17.3. The van der Waals surface area contributed by atoms with Crippen molar-refractivity contribution in [2.24, 2.45) is 0 Å². The van der Waals surface area contributed by atoms with Crippen molar-refractivity contribution in [3.63, 3.8) is 0 Å². The van der Waals surface area contributed by atoms with Crippen LogP contribution >= 0.6 is 0 Å². The van der Waals surface area contributed by atoms with Crippen LogP contribution in [0.3, 0.4) is 0 Å². The highest BCUT2D eigenvalue weighted by molar-refractivity contribution is 6.99. The topological polar surface area (TPSA) is 75.7 Å². The molecular weight excluding hydrogens is 502 g/mol. The summed E-state index contributed by atoms with van der Waals surface area (Å²) in [7, 11) is -2.76. The standard InChI is InChI=1S/C29H39NO7Si/c1-20(31)33-24-17-18-30(37-24)27-26-25(35-29(5,6)36-26)23(34-27)19-32-38(28(2,3)4,21-13-9-7-10-14-21)22-15-11-8-12-16-22/h7-16,23-27H,17-19H2,1-6H3/t23?,24-,25-,26-,27-/m1/s1. The maximum atomic E-state index is 11.4. The highest BCUT2D eigenvalue weighted by Crippen LogP contribution is 2.42. The Morgan fingerprint density at radius 2 is 1.58 bits per heavy atom. The predicted octanol–water partition coefficient (Wildman–Crippen LogP) is 3.33. The van der Waals surface area contributed by atoms with Gasteiger partial charge in [0.2, 0.25) is 6.29 Å². The second-order valence-electron chi connectivity index (χ2n) is 11.7. The Bertz CT molecular complexity index is 1070. The number of esters is 1. The highest BCUT2D eigenvalue weighted by atomic mass is 28.4. The van der Waals surface area contributed by atoms with E-state index in [1.54, 1.807) is 5.06 Å². The van der Waals surface area contributed by atoms with Gasteiger partial charge in [-0.1, -0.05) is 81.4 Å². The summed E-state index contributed by atoms with van der Waals surface area (Å²) in [6, 6.07) is 21.1. The first-order chi connectivity index (χ1) is 18.0. The summed E-state index contributed by atoms with van der Waals surface area (Å²) in [6.07, 6.45) is -1.64. The van der Waals surface area contributed by atoms with Crippen LogP contribution in [0.15, 0.2) is 60.7 Å². The monoisotopic (exact) mass is 541 g/mol. The number of benzene rings is 2. The summed E-state index contributed by atoms with van der Waals surface area (Å²) in [6.45, 7) is 12.9. The molecule has 2 aromatic carbocycles. The molecule has 2 aromatic rings. The number of hydroxylamine groups is 2. The van der Waals surface area contributed by atoms with Gasteiger partial charge in [0.05, 0.1) is 6.61 Å². The quantitative estimate of drug-likeness (QED) is 0.390. The number of carbonyl (C=O) groups excluding carboxylic acids is 1. The van der Waals surface area contributed by atoms with Crippen molar-refractivity contribution in [1.82, 2.24) is 5.06 Å². The fourth-order valence-electron chi connectivity index (χ4n) is 5.94. The molecule has 3 heterocycles. The van der Waals surface area contributed by atoms with E-state index in [2.05, 4.69) is 69.3 Å². The van der Waals surface area contributed by atoms with Crippen LogP contribution in [0.4, 0.5) is 0 Å². The average molecular weight is 542 g/mol. The summed E-state index contributed by atoms with van der Waals surface area (Å²) in [5.74, 6) is -1.14. The molecule has 5 atom stereocenters. The van der Waals surface area contributed by atoms with Gasteiger partial charge in [0.1, 0.15) is 18.3 Å². The first-order valence-corrected chi connectivity index (χ1v) is 15.3. The maximum Gasteiger partial charge on any atom is 0.304 e. The molecular formula is C29H39NO7Si. The molecule has 3 saturated heterocycles. The molecule has 0 N–H and O–H groups in total. The fraction of sp³-hybridized carbons (Fsp3) is 0.552. The molecule has 8 nitrogen and oxygen atoms in total. The second kappa shape index (κ2) is 10.5. The van der Waals surface area contributed by atoms with Gasteiger partial charge in [0.15, 0.2) is 12.0 Å². The first kappa shape index (κ1) is 27.5. The Balaban J connectivity index is 1.43. The van der Waals surface area contributed by atoms with Crippen LogP contribution in [0, 0.1) is 0 Å². The molecule has 0 amide bonds. The number of fused-ring (bicyclic) bond motifs is 1. The number of rotatable bonds is 7. The lowest BCUT2D eigenvalue weighted by Crippen LogP contribution is -2.67. The van der Waals surface area contributed by atoms with Gasteiger partial charge in [-0.15, -0.1) is 0 Å². The summed E-state index contributed by atoms with van der Waals surface area (Å²) >= 11 is 0. The number of hydrogen-bond donors (Lipinski definition) is 0. The third-order valence-electron chi connectivity index (χ3n) is 7.43. The molecule has 0 saturated carbocycles. The van der Waals surface area contributed by atoms with Crippen molar-refractivity contribution in [2.75, 3.05) is 13.2 Å². The van der Waals surface area contributed by atoms with Gasteiger partial charge in [-0.2, -0.15) is 5.06 Å². The van der Waals surface area contributed by atoms with Crippen LogP contribution in [-0.2, 0) is 33.0 Å². The van der Waals surface area contributed by atoms with Crippen molar-refractivity contribution in [1.29, 1.82) is 0 Å². The zero-order valence-corrected chi connectivity index (χ0v) is 24.1. The van der Waals surface area contributed by atoms with Gasteiger partial charge in [-0.25, -0.2) is 0 Å². The second-order valence-corrected chi connectivity index (χ2v) is 16.0. The third-order valence-corrected chi connectivity index (χ3v) is 12.4. The SMILES string of the molecule is CC(=O)O[C@H]1CCN([C@@H]2OC(CO[Si](c3ccccc3)(c3ccccc3)C(C)(C)C)[C@H]3OC(C)(C)O[C@H]32)O1. The van der Waals surface area contributed by atoms with Crippen LogP contribution < -0.4 is 10.4 Å². The van der Waals surface area contributed by atoms with Crippen molar-refractivity contribution in [3.8, 4) is 0 Å². The number of nitrogens with zero attached hydrogens (tertiary/aromatic N) is 1. The molecule has 206 valence electrons. The smallest absolute Gasteiger partial charge is 0.304 e. The van der Waals surface area contributed by atoms with Crippen molar-refractivity contribution >= 4 is 24.7 Å². The molecule has 1 unspecified atom stereocenters. The minimum Gasteiger partial charge on any atom is -0.434 e. The minimum atomic E-state index is -2.76. The zero-order valence-electron chi connectivity index (χ0n) is 23.1. The molecule has 0 radical (unpaired) electrons. The zero-order chi connectivity index (χ0) is 27.1.